The molecule has 0 amide bonds. The summed E-state index contributed by atoms with van der Waals surface area (Å²) < 4.78 is 24.4. The van der Waals surface area contributed by atoms with Crippen LogP contribution in [0.25, 0.3) is 22.2 Å². The second-order valence-corrected chi connectivity index (χ2v) is 13.8. The number of carbonyl (C=O) groups is 1. The van der Waals surface area contributed by atoms with Crippen LogP contribution in [0.3, 0.4) is 0 Å². The van der Waals surface area contributed by atoms with E-state index in [-0.39, 0.29) is 22.7 Å². The monoisotopic (exact) mass is 649 g/mol. The van der Waals surface area contributed by atoms with Crippen molar-refractivity contribution in [1.82, 2.24) is 15.1 Å². The molecule has 1 aliphatic heterocycles. The van der Waals surface area contributed by atoms with Crippen molar-refractivity contribution >= 4 is 40.1 Å². The first-order valence-electron chi connectivity index (χ1n) is 15.7. The van der Waals surface area contributed by atoms with Gasteiger partial charge in [-0.3, -0.25) is 4.98 Å². The second kappa shape index (κ2) is 11.2. The Morgan fingerprint density at radius 1 is 1.02 bits per heavy atom. The molecule has 5 fully saturated rings. The second-order valence-electron chi connectivity index (χ2n) is 13.0. The van der Waals surface area contributed by atoms with Crippen LogP contribution in [0.2, 0.25) is 10.0 Å². The molecule has 0 radical (unpaired) electrons. The molecule has 1 aromatic carbocycles. The molecule has 1 N–H and O–H groups in total. The van der Waals surface area contributed by atoms with Crippen molar-refractivity contribution in [2.45, 2.75) is 87.4 Å². The maximum absolute atomic E-state index is 11.8. The van der Waals surface area contributed by atoms with E-state index in [0.717, 1.165) is 80.2 Å². The molecule has 9 rings (SSSR count). The summed E-state index contributed by atoms with van der Waals surface area (Å²) >= 11 is 13.0. The van der Waals surface area contributed by atoms with Crippen LogP contribution in [-0.4, -0.2) is 51.1 Å². The Hall–Kier alpha value is -3.24. The molecule has 4 saturated carbocycles. The van der Waals surface area contributed by atoms with Gasteiger partial charge in [-0.1, -0.05) is 34.4 Å². The van der Waals surface area contributed by atoms with Crippen molar-refractivity contribution in [3.63, 3.8) is 0 Å². The predicted molar refractivity (Wildman–Crippen MR) is 167 cm³/mol. The normalized spacial score (nSPS) is 26.0. The highest BCUT2D eigenvalue weighted by atomic mass is 35.5. The van der Waals surface area contributed by atoms with Gasteiger partial charge in [-0.2, -0.15) is 0 Å². The molecule has 2 bridgehead atoms. The van der Waals surface area contributed by atoms with E-state index in [1.54, 1.807) is 24.5 Å². The number of benzene rings is 1. The summed E-state index contributed by atoms with van der Waals surface area (Å²) in [4.78, 5) is 21.1. The maximum atomic E-state index is 11.8. The van der Waals surface area contributed by atoms with Crippen molar-refractivity contribution < 1.29 is 28.6 Å². The quantitative estimate of drug-likeness (QED) is 0.193. The minimum Gasteiger partial charge on any atom is -0.486 e. The summed E-state index contributed by atoms with van der Waals surface area (Å²) in [5.41, 5.74) is 3.85. The molecule has 234 valence electrons. The van der Waals surface area contributed by atoms with E-state index in [0.29, 0.717) is 58.3 Å². The smallest absolute Gasteiger partial charge is 0.335 e. The van der Waals surface area contributed by atoms with Crippen molar-refractivity contribution in [3.8, 4) is 17.0 Å². The van der Waals surface area contributed by atoms with E-state index >= 15 is 0 Å². The van der Waals surface area contributed by atoms with E-state index < -0.39 is 5.97 Å². The summed E-state index contributed by atoms with van der Waals surface area (Å²) in [6, 6.07) is 7.33. The van der Waals surface area contributed by atoms with Gasteiger partial charge in [-0.15, -0.1) is 0 Å². The number of aromatic nitrogens is 3. The minimum absolute atomic E-state index is 0.0574. The lowest BCUT2D eigenvalue weighted by Gasteiger charge is -2.52. The van der Waals surface area contributed by atoms with Crippen LogP contribution in [0.15, 0.2) is 41.2 Å². The largest absolute Gasteiger partial charge is 0.486 e. The molecule has 9 nitrogen and oxygen atoms in total. The average Bonchev–Trinajstić information content (AvgIpc) is 3.60. The fourth-order valence-electron chi connectivity index (χ4n) is 7.44. The van der Waals surface area contributed by atoms with Crippen molar-refractivity contribution in [2.24, 2.45) is 0 Å². The van der Waals surface area contributed by atoms with Gasteiger partial charge < -0.3 is 23.8 Å². The van der Waals surface area contributed by atoms with Crippen LogP contribution in [0.1, 0.15) is 91.1 Å². The van der Waals surface area contributed by atoms with Crippen LogP contribution in [-0.2, 0) is 21.5 Å². The first-order chi connectivity index (χ1) is 21.8. The van der Waals surface area contributed by atoms with Crippen LogP contribution in [0, 0.1) is 0 Å². The molecule has 4 aromatic rings. The van der Waals surface area contributed by atoms with Crippen LogP contribution < -0.4 is 4.74 Å². The Kier molecular flexibility index (Phi) is 7.28. The number of halogens is 2. The predicted octanol–water partition coefficient (Wildman–Crippen LogP) is 7.90. The zero-order chi connectivity index (χ0) is 30.8. The summed E-state index contributed by atoms with van der Waals surface area (Å²) in [7, 11) is 0. The van der Waals surface area contributed by atoms with Gasteiger partial charge in [0.1, 0.15) is 28.8 Å². The number of carboxylic acids is 1. The standard InChI is InChI=1S/C34H33Cl2N3O6/c35-24-15-37-16-25(36)28(24)30-23(31(45-39-30)19-1-2-19)18-43-34-9-6-33(7-10-34,8-11-34)27-4-3-20-13-21(32(40)41)14-26(29(20)38-27)44-22-5-12-42-17-22/h3-4,13-16,19,22H,1-2,5-12,17-18H2,(H,40,41). The first kappa shape index (κ1) is 29.2. The summed E-state index contributed by atoms with van der Waals surface area (Å²) in [5.74, 6) is 0.749. The van der Waals surface area contributed by atoms with Crippen molar-refractivity contribution in [1.29, 1.82) is 0 Å². The molecule has 1 atom stereocenters. The average molecular weight is 651 g/mol. The summed E-state index contributed by atoms with van der Waals surface area (Å²) in [6.45, 7) is 1.52. The maximum Gasteiger partial charge on any atom is 0.335 e. The summed E-state index contributed by atoms with van der Waals surface area (Å²) in [5, 5.41) is 15.8. The molecular formula is C34H33Cl2N3O6. The fourth-order valence-corrected chi connectivity index (χ4v) is 7.98. The molecule has 45 heavy (non-hydrogen) atoms. The fraction of sp³-hybridized carbons (Fsp3) is 0.471. The Morgan fingerprint density at radius 3 is 2.44 bits per heavy atom. The van der Waals surface area contributed by atoms with Gasteiger partial charge in [0.25, 0.3) is 0 Å². The van der Waals surface area contributed by atoms with Gasteiger partial charge in [-0.05, 0) is 69.6 Å². The molecule has 1 saturated heterocycles. The van der Waals surface area contributed by atoms with Gasteiger partial charge in [0.15, 0.2) is 0 Å². The lowest BCUT2D eigenvalue weighted by Crippen LogP contribution is -2.50. The van der Waals surface area contributed by atoms with Crippen LogP contribution in [0.5, 0.6) is 5.75 Å². The van der Waals surface area contributed by atoms with E-state index in [4.69, 9.17) is 46.9 Å². The number of rotatable bonds is 9. The lowest BCUT2D eigenvalue weighted by molar-refractivity contribution is -0.127. The third-order valence-corrected chi connectivity index (χ3v) is 10.9. The Balaban J connectivity index is 1.04. The number of hydrogen-bond acceptors (Lipinski definition) is 8. The number of fused-ring (bicyclic) bond motifs is 4. The number of hydrogen-bond donors (Lipinski definition) is 1. The molecule has 11 heteroatoms. The molecule has 1 unspecified atom stereocenters. The zero-order valence-electron chi connectivity index (χ0n) is 24.7. The number of pyridine rings is 2. The highest BCUT2D eigenvalue weighted by Crippen LogP contribution is 2.56. The van der Waals surface area contributed by atoms with Gasteiger partial charge in [0.2, 0.25) is 0 Å². The SMILES string of the molecule is O=C(O)c1cc(OC2CCOC2)c2nc(C34CCC(OCc5c(-c6c(Cl)cncc6Cl)noc5C5CC5)(CC3)CC4)ccc2c1. The van der Waals surface area contributed by atoms with Gasteiger partial charge in [0.05, 0.1) is 41.0 Å². The number of ether oxygens (including phenoxy) is 3. The third-order valence-electron chi connectivity index (χ3n) is 10.3. The van der Waals surface area contributed by atoms with Gasteiger partial charge >= 0.3 is 5.97 Å². The zero-order valence-corrected chi connectivity index (χ0v) is 26.2. The van der Waals surface area contributed by atoms with Gasteiger partial charge in [0, 0.05) is 52.4 Å². The third kappa shape index (κ3) is 5.27. The first-order valence-corrected chi connectivity index (χ1v) is 16.4. The Labute approximate surface area is 270 Å². The Bertz CT molecular complexity index is 1750. The van der Waals surface area contributed by atoms with Crippen LogP contribution >= 0.6 is 23.2 Å². The van der Waals surface area contributed by atoms with E-state index in [1.807, 2.05) is 6.07 Å². The van der Waals surface area contributed by atoms with E-state index in [2.05, 4.69) is 16.2 Å². The number of carboxylic acid groups (broad SMARTS) is 1. The van der Waals surface area contributed by atoms with Crippen LogP contribution in [0.4, 0.5) is 0 Å². The molecule has 5 aliphatic rings. The van der Waals surface area contributed by atoms with E-state index in [1.165, 1.54) is 0 Å². The van der Waals surface area contributed by atoms with Crippen molar-refractivity contribution in [3.05, 3.63) is 69.3 Å². The highest BCUT2D eigenvalue weighted by molar-refractivity contribution is 6.38. The lowest BCUT2D eigenvalue weighted by atomic mass is 9.57. The van der Waals surface area contributed by atoms with Gasteiger partial charge in [-0.25, -0.2) is 9.78 Å². The summed E-state index contributed by atoms with van der Waals surface area (Å²) in [6.07, 6.45) is 11.6. The minimum atomic E-state index is -0.988. The molecular weight excluding hydrogens is 617 g/mol. The molecule has 3 aromatic heterocycles. The molecule has 4 heterocycles. The molecule has 0 spiro atoms. The Morgan fingerprint density at radius 2 is 1.78 bits per heavy atom. The highest BCUT2D eigenvalue weighted by Gasteiger charge is 2.51. The topological polar surface area (TPSA) is 117 Å². The number of aromatic carboxylic acids is 1. The molecule has 4 aliphatic carbocycles. The van der Waals surface area contributed by atoms with E-state index in [9.17, 15) is 9.90 Å². The number of nitrogens with zero attached hydrogens (tertiary/aromatic N) is 3. The van der Waals surface area contributed by atoms with Crippen molar-refractivity contribution in [2.75, 3.05) is 13.2 Å².